The summed E-state index contributed by atoms with van der Waals surface area (Å²) in [5, 5.41) is 0. The highest BCUT2D eigenvalue weighted by Gasteiger charge is 2.27. The highest BCUT2D eigenvalue weighted by atomic mass is 15.1. The molecular formula is C7H6N4+2. The van der Waals surface area contributed by atoms with Crippen molar-refractivity contribution >= 4 is 24.9 Å². The summed E-state index contributed by atoms with van der Waals surface area (Å²) >= 11 is 0. The van der Waals surface area contributed by atoms with Gasteiger partial charge in [0.1, 0.15) is 0 Å². The van der Waals surface area contributed by atoms with Gasteiger partial charge in [-0.3, -0.25) is 0 Å². The Morgan fingerprint density at radius 2 is 1.09 bits per heavy atom. The van der Waals surface area contributed by atoms with Gasteiger partial charge in [-0.2, -0.15) is 0 Å². The van der Waals surface area contributed by atoms with E-state index in [2.05, 4.69) is 20.0 Å². The molecule has 2 heterocycles. The smallest absolute Gasteiger partial charge is 0.0949 e. The molecule has 0 radical (unpaired) electrons. The Morgan fingerprint density at radius 1 is 0.727 bits per heavy atom. The van der Waals surface area contributed by atoms with Crippen LogP contribution in [0, 0.1) is 12.3 Å². The van der Waals surface area contributed by atoms with Crippen molar-refractivity contribution in [1.29, 1.82) is 0 Å². The van der Waals surface area contributed by atoms with Crippen LogP contribution in [-0.4, -0.2) is 24.9 Å². The molecule has 0 aromatic rings. The minimum absolute atomic E-state index is 0.625. The van der Waals surface area contributed by atoms with Crippen LogP contribution < -0.4 is 0 Å². The molecule has 2 aliphatic heterocycles. The summed E-state index contributed by atoms with van der Waals surface area (Å²) in [5.74, 6) is 0. The molecule has 52 valence electrons. The molecule has 0 saturated heterocycles. The van der Waals surface area contributed by atoms with Crippen molar-refractivity contribution in [3.05, 3.63) is 12.3 Å². The van der Waals surface area contributed by atoms with Crippen LogP contribution in [0.25, 0.3) is 0 Å². The summed E-state index contributed by atoms with van der Waals surface area (Å²) in [6.45, 7) is 0. The quantitative estimate of drug-likeness (QED) is 0.514. The number of nitrogens with zero attached hydrogens (tertiary/aromatic N) is 4. The Balaban J connectivity index is 1.90. The normalized spacial score (nSPS) is 19.3. The molecule has 0 fully saturated rings. The third-order valence-corrected chi connectivity index (χ3v) is 1.34. The topological polar surface area (TPSA) is 49.4 Å². The second kappa shape index (κ2) is 2.57. The molecule has 2 rings (SSSR count). The average Bonchev–Trinajstić information content (AvgIpc) is 2.60. The summed E-state index contributed by atoms with van der Waals surface area (Å²) in [5.41, 5.74) is 0. The summed E-state index contributed by atoms with van der Waals surface area (Å²) in [6.07, 6.45) is 8.83. The predicted octanol–water partition coefficient (Wildman–Crippen LogP) is 0.666. The maximum Gasteiger partial charge on any atom is 0.261 e. The van der Waals surface area contributed by atoms with Crippen molar-refractivity contribution in [2.45, 2.75) is 6.42 Å². The van der Waals surface area contributed by atoms with E-state index in [1.54, 1.807) is 24.9 Å². The first-order valence-electron chi connectivity index (χ1n) is 3.30. The molecule has 0 aliphatic carbocycles. The molecule has 2 aliphatic rings. The van der Waals surface area contributed by atoms with Crippen LogP contribution in [0.4, 0.5) is 0 Å². The van der Waals surface area contributed by atoms with Gasteiger partial charge in [0.05, 0.1) is 0 Å². The molecule has 0 amide bonds. The van der Waals surface area contributed by atoms with E-state index < -0.39 is 0 Å². The van der Waals surface area contributed by atoms with E-state index >= 15 is 0 Å². The van der Waals surface area contributed by atoms with Crippen LogP contribution in [0.15, 0.2) is 20.0 Å². The Kier molecular flexibility index (Phi) is 1.44. The van der Waals surface area contributed by atoms with E-state index in [0.717, 1.165) is 12.3 Å². The Labute approximate surface area is 64.5 Å². The fourth-order valence-electron chi connectivity index (χ4n) is 0.868. The first-order chi connectivity index (χ1) is 5.45. The van der Waals surface area contributed by atoms with Gasteiger partial charge in [-0.1, -0.05) is 20.0 Å². The lowest BCUT2D eigenvalue weighted by molar-refractivity contribution is 0.787. The third kappa shape index (κ3) is 1.29. The van der Waals surface area contributed by atoms with E-state index in [9.17, 15) is 0 Å². The van der Waals surface area contributed by atoms with Gasteiger partial charge in [0.2, 0.25) is 0 Å². The summed E-state index contributed by atoms with van der Waals surface area (Å²) in [7, 11) is 0. The van der Waals surface area contributed by atoms with E-state index in [4.69, 9.17) is 0 Å². The molecule has 0 aromatic carbocycles. The number of hydrogen-bond acceptors (Lipinski definition) is 4. The van der Waals surface area contributed by atoms with Crippen LogP contribution in [0.5, 0.6) is 0 Å². The summed E-state index contributed by atoms with van der Waals surface area (Å²) in [6, 6.07) is 0. The molecule has 0 unspecified atom stereocenters. The summed E-state index contributed by atoms with van der Waals surface area (Å²) in [4.78, 5) is 16.0. The molecule has 0 spiro atoms. The molecule has 0 saturated carbocycles. The van der Waals surface area contributed by atoms with Gasteiger partial charge in [-0.05, 0) is 0 Å². The van der Waals surface area contributed by atoms with Gasteiger partial charge >= 0.3 is 0 Å². The lowest BCUT2D eigenvalue weighted by atomic mass is 10.3. The zero-order valence-electron chi connectivity index (χ0n) is 5.81. The Bertz CT molecular complexity index is 201. The minimum Gasteiger partial charge on any atom is -0.0949 e. The predicted molar refractivity (Wildman–Crippen MR) is 45.1 cm³/mol. The first kappa shape index (κ1) is 6.15. The van der Waals surface area contributed by atoms with Crippen LogP contribution in [0.3, 0.4) is 0 Å². The minimum atomic E-state index is 0.625. The maximum absolute atomic E-state index is 4.00. The van der Waals surface area contributed by atoms with E-state index in [0.29, 0.717) is 6.42 Å². The molecule has 0 aromatic heterocycles. The average molecular weight is 146 g/mol. The molecule has 4 nitrogen and oxygen atoms in total. The summed E-state index contributed by atoms with van der Waals surface area (Å²) < 4.78 is 0. The molecule has 0 N–H and O–H groups in total. The standard InChI is InChI=1S/C7H6N4/c1-2-9-6(8-1)5-7-10-3-4-11-7/h1-4H,5H2/q+2. The molecule has 0 bridgehead atoms. The number of rotatable bonds is 2. The molecular weight excluding hydrogens is 140 g/mol. The van der Waals surface area contributed by atoms with Gasteiger partial charge in [-0.15, -0.1) is 0 Å². The Morgan fingerprint density at radius 3 is 1.45 bits per heavy atom. The van der Waals surface area contributed by atoms with Crippen LogP contribution in [0.2, 0.25) is 0 Å². The second-order valence-corrected chi connectivity index (χ2v) is 2.12. The van der Waals surface area contributed by atoms with Gasteiger partial charge < -0.3 is 0 Å². The molecule has 11 heavy (non-hydrogen) atoms. The van der Waals surface area contributed by atoms with Gasteiger partial charge in [0, 0.05) is 0 Å². The molecule has 4 heteroatoms. The highest BCUT2D eigenvalue weighted by molar-refractivity contribution is 6.18. The van der Waals surface area contributed by atoms with Crippen LogP contribution in [-0.2, 0) is 0 Å². The molecule has 0 atom stereocenters. The fraction of sp³-hybridized carbons (Fsp3) is 0.143. The van der Waals surface area contributed by atoms with E-state index in [-0.39, 0.29) is 0 Å². The maximum atomic E-state index is 4.00. The van der Waals surface area contributed by atoms with Crippen LogP contribution >= 0.6 is 0 Å². The van der Waals surface area contributed by atoms with Crippen LogP contribution in [0.1, 0.15) is 6.42 Å². The lowest BCUT2D eigenvalue weighted by Crippen LogP contribution is -1.92. The monoisotopic (exact) mass is 146 g/mol. The zero-order valence-corrected chi connectivity index (χ0v) is 5.81. The van der Waals surface area contributed by atoms with E-state index in [1.165, 1.54) is 0 Å². The van der Waals surface area contributed by atoms with Gasteiger partial charge in [0.25, 0.3) is 12.3 Å². The van der Waals surface area contributed by atoms with E-state index in [1.807, 2.05) is 0 Å². The second-order valence-electron chi connectivity index (χ2n) is 2.12. The van der Waals surface area contributed by atoms with Crippen molar-refractivity contribution in [2.24, 2.45) is 20.0 Å². The first-order valence-corrected chi connectivity index (χ1v) is 3.30. The van der Waals surface area contributed by atoms with Crippen molar-refractivity contribution < 1.29 is 0 Å². The third-order valence-electron chi connectivity index (χ3n) is 1.34. The van der Waals surface area contributed by atoms with Crippen molar-refractivity contribution in [1.82, 2.24) is 0 Å². The lowest BCUT2D eigenvalue weighted by Gasteiger charge is -1.91. The SMILES string of the molecule is C1=N[C+](C[C+]2N=CC=N2)N=C1. The largest absolute Gasteiger partial charge is 0.261 e. The van der Waals surface area contributed by atoms with Crippen molar-refractivity contribution in [3.8, 4) is 0 Å². The Hall–Kier alpha value is -1.58. The fourth-order valence-corrected chi connectivity index (χ4v) is 0.868. The van der Waals surface area contributed by atoms with Gasteiger partial charge in [-0.25, -0.2) is 0 Å². The zero-order chi connectivity index (χ0) is 7.52. The van der Waals surface area contributed by atoms with Crippen molar-refractivity contribution in [3.63, 3.8) is 0 Å². The number of hydrogen-bond donors (Lipinski definition) is 0. The van der Waals surface area contributed by atoms with Gasteiger partial charge in [0.15, 0.2) is 31.3 Å². The number of aliphatic imine (C=N–C) groups is 4. The highest BCUT2D eigenvalue weighted by Crippen LogP contribution is 2.23. The van der Waals surface area contributed by atoms with Crippen molar-refractivity contribution in [2.75, 3.05) is 0 Å².